The lowest BCUT2D eigenvalue weighted by Gasteiger charge is -2.11. The van der Waals surface area contributed by atoms with E-state index >= 15 is 0 Å². The summed E-state index contributed by atoms with van der Waals surface area (Å²) in [5.74, 6) is -2.26. The van der Waals surface area contributed by atoms with Crippen molar-refractivity contribution in [2.75, 3.05) is 13.2 Å². The third-order valence-electron chi connectivity index (χ3n) is 2.91. The minimum absolute atomic E-state index is 0.0533. The minimum atomic E-state index is -4.62. The number of carbonyl (C=O) groups is 1. The van der Waals surface area contributed by atoms with Crippen molar-refractivity contribution in [3.63, 3.8) is 0 Å². The standard InChI is InChI=1S/C13H13F3N2O3/c1-2-21-6-5-18-10-7-8(11(19)20)3-4-9(10)17-12(18)13(14,15)16/h3-4,7H,2,5-6H2,1H3,(H,19,20). The van der Waals surface area contributed by atoms with Gasteiger partial charge in [-0.15, -0.1) is 0 Å². The number of halogens is 3. The van der Waals surface area contributed by atoms with Crippen LogP contribution < -0.4 is 0 Å². The number of fused-ring (bicyclic) bond motifs is 1. The first-order valence-electron chi connectivity index (χ1n) is 6.23. The highest BCUT2D eigenvalue weighted by Gasteiger charge is 2.37. The summed E-state index contributed by atoms with van der Waals surface area (Å²) < 4.78 is 45.1. The molecule has 0 amide bonds. The highest BCUT2D eigenvalue weighted by atomic mass is 19.4. The Bertz CT molecular complexity index is 664. The normalized spacial score (nSPS) is 12.0. The van der Waals surface area contributed by atoms with Crippen molar-refractivity contribution in [1.29, 1.82) is 0 Å². The van der Waals surface area contributed by atoms with Crippen LogP contribution in [0.4, 0.5) is 13.2 Å². The predicted octanol–water partition coefficient (Wildman–Crippen LogP) is 2.79. The van der Waals surface area contributed by atoms with Crippen LogP contribution in [0, 0.1) is 0 Å². The molecule has 0 aliphatic carbocycles. The van der Waals surface area contributed by atoms with Crippen LogP contribution in [0.25, 0.3) is 11.0 Å². The zero-order valence-corrected chi connectivity index (χ0v) is 11.1. The second-order valence-electron chi connectivity index (χ2n) is 4.29. The highest BCUT2D eigenvalue weighted by Crippen LogP contribution is 2.31. The number of alkyl halides is 3. The van der Waals surface area contributed by atoms with Gasteiger partial charge in [-0.2, -0.15) is 13.2 Å². The third-order valence-corrected chi connectivity index (χ3v) is 2.91. The zero-order valence-electron chi connectivity index (χ0n) is 11.1. The smallest absolute Gasteiger partial charge is 0.449 e. The molecule has 0 aliphatic rings. The van der Waals surface area contributed by atoms with Gasteiger partial charge in [0.1, 0.15) is 0 Å². The Morgan fingerprint density at radius 1 is 1.43 bits per heavy atom. The Labute approximate surface area is 118 Å². The molecular weight excluding hydrogens is 289 g/mol. The maximum atomic E-state index is 13.0. The second-order valence-corrected chi connectivity index (χ2v) is 4.29. The van der Waals surface area contributed by atoms with Gasteiger partial charge in [0.25, 0.3) is 0 Å². The number of rotatable bonds is 5. The molecule has 1 aromatic carbocycles. The van der Waals surface area contributed by atoms with Gasteiger partial charge >= 0.3 is 12.1 Å². The van der Waals surface area contributed by atoms with Crippen molar-refractivity contribution < 1.29 is 27.8 Å². The fraction of sp³-hybridized carbons (Fsp3) is 0.385. The number of carboxylic acid groups (broad SMARTS) is 1. The molecule has 2 rings (SSSR count). The molecule has 2 aromatic rings. The summed E-state index contributed by atoms with van der Waals surface area (Å²) in [6.07, 6.45) is -4.62. The summed E-state index contributed by atoms with van der Waals surface area (Å²) in [6.45, 7) is 2.15. The van der Waals surface area contributed by atoms with Gasteiger partial charge in [-0.05, 0) is 25.1 Å². The molecule has 1 N–H and O–H groups in total. The molecule has 5 nitrogen and oxygen atoms in total. The SMILES string of the molecule is CCOCCn1c(C(F)(F)F)nc2ccc(C(=O)O)cc21. The second kappa shape index (κ2) is 5.72. The van der Waals surface area contributed by atoms with Gasteiger partial charge in [-0.3, -0.25) is 0 Å². The lowest BCUT2D eigenvalue weighted by molar-refractivity contribution is -0.147. The summed E-state index contributed by atoms with van der Waals surface area (Å²) in [5.41, 5.74) is 0.138. The van der Waals surface area contributed by atoms with E-state index < -0.39 is 18.0 Å². The molecule has 0 unspecified atom stereocenters. The third kappa shape index (κ3) is 3.15. The van der Waals surface area contributed by atoms with Gasteiger partial charge in [0.05, 0.1) is 23.2 Å². The molecule has 1 heterocycles. The first-order valence-corrected chi connectivity index (χ1v) is 6.23. The van der Waals surface area contributed by atoms with Crippen molar-refractivity contribution >= 4 is 17.0 Å². The average molecular weight is 302 g/mol. The first kappa shape index (κ1) is 15.3. The lowest BCUT2D eigenvalue weighted by Crippen LogP contribution is -2.17. The average Bonchev–Trinajstić information content (AvgIpc) is 2.77. The van der Waals surface area contributed by atoms with Crippen LogP contribution >= 0.6 is 0 Å². The van der Waals surface area contributed by atoms with Crippen LogP contribution in [0.3, 0.4) is 0 Å². The van der Waals surface area contributed by atoms with Gasteiger partial charge in [-0.25, -0.2) is 9.78 Å². The van der Waals surface area contributed by atoms with E-state index in [2.05, 4.69) is 4.98 Å². The highest BCUT2D eigenvalue weighted by molar-refractivity contribution is 5.92. The Balaban J connectivity index is 2.56. The van der Waals surface area contributed by atoms with E-state index in [9.17, 15) is 18.0 Å². The lowest BCUT2D eigenvalue weighted by atomic mass is 10.2. The number of hydrogen-bond donors (Lipinski definition) is 1. The minimum Gasteiger partial charge on any atom is -0.478 e. The predicted molar refractivity (Wildman–Crippen MR) is 68.2 cm³/mol. The molecule has 0 aliphatic heterocycles. The molecule has 0 saturated carbocycles. The van der Waals surface area contributed by atoms with Gasteiger partial charge in [0.15, 0.2) is 0 Å². The van der Waals surface area contributed by atoms with E-state index in [0.717, 1.165) is 4.57 Å². The summed E-state index contributed by atoms with van der Waals surface area (Å²) >= 11 is 0. The summed E-state index contributed by atoms with van der Waals surface area (Å²) in [7, 11) is 0. The van der Waals surface area contributed by atoms with Gasteiger partial charge in [-0.1, -0.05) is 0 Å². The van der Waals surface area contributed by atoms with Crippen LogP contribution in [-0.4, -0.2) is 33.8 Å². The number of carboxylic acids is 1. The van der Waals surface area contributed by atoms with Gasteiger partial charge in [0.2, 0.25) is 5.82 Å². The number of aromatic carboxylic acids is 1. The molecule has 0 atom stereocenters. The van der Waals surface area contributed by atoms with Crippen molar-refractivity contribution in [2.24, 2.45) is 0 Å². The molecular formula is C13H13F3N2O3. The Hall–Kier alpha value is -2.09. The van der Waals surface area contributed by atoms with Crippen LogP contribution in [0.1, 0.15) is 23.1 Å². The summed E-state index contributed by atoms with van der Waals surface area (Å²) in [4.78, 5) is 14.5. The Morgan fingerprint density at radius 3 is 2.71 bits per heavy atom. The fourth-order valence-corrected chi connectivity index (χ4v) is 2.00. The Kier molecular flexibility index (Phi) is 4.17. The van der Waals surface area contributed by atoms with Crippen molar-refractivity contribution in [2.45, 2.75) is 19.6 Å². The molecule has 0 bridgehead atoms. The van der Waals surface area contributed by atoms with E-state index in [4.69, 9.17) is 9.84 Å². The topological polar surface area (TPSA) is 64.4 Å². The van der Waals surface area contributed by atoms with Gasteiger partial charge in [0, 0.05) is 13.2 Å². The number of hydrogen-bond acceptors (Lipinski definition) is 3. The van der Waals surface area contributed by atoms with E-state index in [1.54, 1.807) is 6.92 Å². The van der Waals surface area contributed by atoms with E-state index in [1.165, 1.54) is 18.2 Å². The summed E-state index contributed by atoms with van der Waals surface area (Å²) in [6, 6.07) is 3.68. The van der Waals surface area contributed by atoms with Crippen LogP contribution in [0.15, 0.2) is 18.2 Å². The van der Waals surface area contributed by atoms with Crippen molar-refractivity contribution in [1.82, 2.24) is 9.55 Å². The molecule has 8 heteroatoms. The fourth-order valence-electron chi connectivity index (χ4n) is 2.00. The van der Waals surface area contributed by atoms with Gasteiger partial charge < -0.3 is 14.4 Å². The number of benzene rings is 1. The zero-order chi connectivity index (χ0) is 15.6. The van der Waals surface area contributed by atoms with E-state index in [0.29, 0.717) is 6.61 Å². The largest absolute Gasteiger partial charge is 0.478 e. The molecule has 0 saturated heterocycles. The number of aromatic nitrogens is 2. The Morgan fingerprint density at radius 2 is 2.14 bits per heavy atom. The molecule has 114 valence electrons. The maximum Gasteiger partial charge on any atom is 0.449 e. The van der Waals surface area contributed by atoms with E-state index in [1.807, 2.05) is 0 Å². The van der Waals surface area contributed by atoms with Crippen molar-refractivity contribution in [3.8, 4) is 0 Å². The van der Waals surface area contributed by atoms with Crippen LogP contribution in [0.5, 0.6) is 0 Å². The van der Waals surface area contributed by atoms with Crippen LogP contribution in [0.2, 0.25) is 0 Å². The molecule has 0 radical (unpaired) electrons. The molecule has 1 aromatic heterocycles. The first-order chi connectivity index (χ1) is 9.84. The number of imidazole rings is 1. The van der Waals surface area contributed by atoms with Crippen LogP contribution in [-0.2, 0) is 17.5 Å². The molecule has 21 heavy (non-hydrogen) atoms. The number of nitrogens with zero attached hydrogens (tertiary/aromatic N) is 2. The maximum absolute atomic E-state index is 13.0. The monoisotopic (exact) mass is 302 g/mol. The summed E-state index contributed by atoms with van der Waals surface area (Å²) in [5, 5.41) is 8.94. The van der Waals surface area contributed by atoms with Crippen molar-refractivity contribution in [3.05, 3.63) is 29.6 Å². The molecule has 0 spiro atoms. The quantitative estimate of drug-likeness (QED) is 0.863. The van der Waals surface area contributed by atoms with E-state index in [-0.39, 0.29) is 29.7 Å². The number of ether oxygens (including phenoxy) is 1. The molecule has 0 fully saturated rings.